The van der Waals surface area contributed by atoms with E-state index in [1.807, 2.05) is 24.3 Å². The molecule has 168 valence electrons. The van der Waals surface area contributed by atoms with Crippen LogP contribution < -0.4 is 10.1 Å². The number of nitrogens with zero attached hydrogens (tertiary/aromatic N) is 3. The molecule has 2 atom stereocenters. The fourth-order valence-electron chi connectivity index (χ4n) is 3.83. The van der Waals surface area contributed by atoms with Crippen molar-refractivity contribution in [3.05, 3.63) is 29.8 Å². The molecule has 9 nitrogen and oxygen atoms in total. The maximum absolute atomic E-state index is 13.5. The molecule has 2 fully saturated rings. The van der Waals surface area contributed by atoms with Crippen LogP contribution in [0, 0.1) is 11.3 Å². The monoisotopic (exact) mass is 430 g/mol. The smallest absolute Gasteiger partial charge is 0.410 e. The number of hydrogen-bond acceptors (Lipinski definition) is 7. The second kappa shape index (κ2) is 11.5. The van der Waals surface area contributed by atoms with E-state index in [1.165, 1.54) is 0 Å². The van der Waals surface area contributed by atoms with Crippen LogP contribution in [-0.2, 0) is 20.7 Å². The Balaban J connectivity index is 1.78. The summed E-state index contributed by atoms with van der Waals surface area (Å²) in [5.74, 6) is 0.450. The summed E-state index contributed by atoms with van der Waals surface area (Å²) in [7, 11) is 1.59. The van der Waals surface area contributed by atoms with Gasteiger partial charge in [0, 0.05) is 38.6 Å². The molecule has 2 saturated heterocycles. The summed E-state index contributed by atoms with van der Waals surface area (Å²) in [6.07, 6.45) is -0.191. The first-order valence-corrected chi connectivity index (χ1v) is 10.7. The van der Waals surface area contributed by atoms with Crippen molar-refractivity contribution in [1.29, 1.82) is 5.26 Å². The highest BCUT2D eigenvalue weighted by molar-refractivity contribution is 5.84. The molecule has 2 aliphatic heterocycles. The molecular weight excluding hydrogens is 400 g/mol. The number of ether oxygens (including phenoxy) is 3. The zero-order valence-corrected chi connectivity index (χ0v) is 17.9. The fraction of sp³-hybridized carbons (Fsp3) is 0.591. The summed E-state index contributed by atoms with van der Waals surface area (Å²) in [4.78, 5) is 29.5. The number of amides is 2. The number of morpholine rings is 1. The molecule has 1 N–H and O–H groups in total. The minimum atomic E-state index is -0.969. The molecule has 2 aliphatic rings. The van der Waals surface area contributed by atoms with E-state index in [4.69, 9.17) is 19.5 Å². The summed E-state index contributed by atoms with van der Waals surface area (Å²) < 4.78 is 16.2. The molecule has 0 saturated carbocycles. The molecule has 1 aromatic carbocycles. The van der Waals surface area contributed by atoms with Crippen molar-refractivity contribution in [2.45, 2.75) is 31.4 Å². The van der Waals surface area contributed by atoms with Gasteiger partial charge in [-0.3, -0.25) is 4.79 Å². The fourth-order valence-corrected chi connectivity index (χ4v) is 3.83. The lowest BCUT2D eigenvalue weighted by atomic mass is 10.1. The molecule has 1 aromatic rings. The number of nitrogens with one attached hydrogen (secondary N) is 1. The molecule has 31 heavy (non-hydrogen) atoms. The molecule has 2 amide bonds. The highest BCUT2D eigenvalue weighted by Gasteiger charge is 2.34. The lowest BCUT2D eigenvalue weighted by Crippen LogP contribution is -2.50. The largest absolute Gasteiger partial charge is 0.497 e. The van der Waals surface area contributed by atoms with E-state index in [1.54, 1.807) is 16.9 Å². The van der Waals surface area contributed by atoms with E-state index in [9.17, 15) is 9.59 Å². The number of rotatable bonds is 8. The van der Waals surface area contributed by atoms with Gasteiger partial charge in [0.05, 0.1) is 32.8 Å². The van der Waals surface area contributed by atoms with E-state index >= 15 is 0 Å². The molecule has 0 radical (unpaired) electrons. The van der Waals surface area contributed by atoms with Gasteiger partial charge in [-0.15, -0.1) is 0 Å². The molecule has 0 spiro atoms. The van der Waals surface area contributed by atoms with Gasteiger partial charge in [0.15, 0.2) is 6.10 Å². The second-order valence-electron chi connectivity index (χ2n) is 7.61. The second-order valence-corrected chi connectivity index (χ2v) is 7.61. The number of methoxy groups -OCH3 is 1. The maximum Gasteiger partial charge on any atom is 0.410 e. The minimum absolute atomic E-state index is 0.0127. The standard InChI is InChI=1S/C22H30N4O5/c1-29-19-5-3-17(4-6-19)15-20(31-22(28)25-11-13-30-14-12-25)21(27)26(10-2-8-23)18-7-9-24-16-18/h3-6,18,20,24H,2,7,9-16H2,1H3. The third-order valence-electron chi connectivity index (χ3n) is 5.59. The maximum atomic E-state index is 13.5. The lowest BCUT2D eigenvalue weighted by molar-refractivity contribution is -0.143. The first-order chi connectivity index (χ1) is 15.1. The number of hydrogen-bond donors (Lipinski definition) is 1. The van der Waals surface area contributed by atoms with Gasteiger partial charge in [0.1, 0.15) is 5.75 Å². The van der Waals surface area contributed by atoms with Crippen molar-refractivity contribution >= 4 is 12.0 Å². The van der Waals surface area contributed by atoms with Gasteiger partial charge in [0.2, 0.25) is 0 Å². The van der Waals surface area contributed by atoms with Crippen LogP contribution in [0.15, 0.2) is 24.3 Å². The van der Waals surface area contributed by atoms with Crippen LogP contribution in [0.2, 0.25) is 0 Å². The van der Waals surface area contributed by atoms with Gasteiger partial charge in [-0.2, -0.15) is 5.26 Å². The van der Waals surface area contributed by atoms with Crippen molar-refractivity contribution < 1.29 is 23.8 Å². The summed E-state index contributed by atoms with van der Waals surface area (Å²) in [6.45, 7) is 3.58. The Bertz CT molecular complexity index is 767. The number of benzene rings is 1. The van der Waals surface area contributed by atoms with Crippen LogP contribution >= 0.6 is 0 Å². The molecule has 9 heteroatoms. The summed E-state index contributed by atoms with van der Waals surface area (Å²) >= 11 is 0. The Morgan fingerprint density at radius 2 is 2.06 bits per heavy atom. The first kappa shape index (κ1) is 22.8. The molecule has 0 bridgehead atoms. The van der Waals surface area contributed by atoms with Crippen LogP contribution in [0.3, 0.4) is 0 Å². The van der Waals surface area contributed by atoms with Crippen molar-refractivity contribution in [2.24, 2.45) is 0 Å². The van der Waals surface area contributed by atoms with Gasteiger partial charge < -0.3 is 29.3 Å². The van der Waals surface area contributed by atoms with Crippen molar-refractivity contribution in [2.75, 3.05) is 53.0 Å². The Hall–Kier alpha value is -2.83. The van der Waals surface area contributed by atoms with Crippen molar-refractivity contribution in [3.8, 4) is 11.8 Å². The molecule has 2 unspecified atom stereocenters. The summed E-state index contributed by atoms with van der Waals surface area (Å²) in [6, 6.07) is 9.45. The Morgan fingerprint density at radius 1 is 1.32 bits per heavy atom. The SMILES string of the molecule is COc1ccc(CC(OC(=O)N2CCOCC2)C(=O)N(CCC#N)C2CCNC2)cc1. The van der Waals surface area contributed by atoms with Crippen molar-refractivity contribution in [3.63, 3.8) is 0 Å². The topological polar surface area (TPSA) is 104 Å². The Kier molecular flexibility index (Phi) is 8.50. The Labute approximate surface area is 182 Å². The van der Waals surface area contributed by atoms with E-state index in [-0.39, 0.29) is 24.8 Å². The van der Waals surface area contributed by atoms with Crippen LogP contribution in [0.5, 0.6) is 5.75 Å². The van der Waals surface area contributed by atoms with Gasteiger partial charge in [0.25, 0.3) is 5.91 Å². The number of carbonyl (C=O) groups is 2. The van der Waals surface area contributed by atoms with Crippen LogP contribution in [-0.4, -0.2) is 87.0 Å². The molecular formula is C22H30N4O5. The van der Waals surface area contributed by atoms with Crippen molar-refractivity contribution in [1.82, 2.24) is 15.1 Å². The minimum Gasteiger partial charge on any atom is -0.497 e. The summed E-state index contributed by atoms with van der Waals surface area (Å²) in [5.41, 5.74) is 0.860. The summed E-state index contributed by atoms with van der Waals surface area (Å²) in [5, 5.41) is 12.3. The lowest BCUT2D eigenvalue weighted by Gasteiger charge is -2.33. The van der Waals surface area contributed by atoms with E-state index < -0.39 is 12.2 Å². The zero-order valence-electron chi connectivity index (χ0n) is 17.9. The first-order valence-electron chi connectivity index (χ1n) is 10.7. The van der Waals surface area contributed by atoms with Crippen LogP contribution in [0.4, 0.5) is 4.79 Å². The van der Waals surface area contributed by atoms with E-state index in [2.05, 4.69) is 11.4 Å². The van der Waals surface area contributed by atoms with E-state index in [0.717, 1.165) is 18.5 Å². The molecule has 0 aliphatic carbocycles. The van der Waals surface area contributed by atoms with E-state index in [0.29, 0.717) is 45.1 Å². The quantitative estimate of drug-likeness (QED) is 0.660. The van der Waals surface area contributed by atoms with Crippen LogP contribution in [0.25, 0.3) is 0 Å². The number of nitriles is 1. The Morgan fingerprint density at radius 3 is 2.68 bits per heavy atom. The zero-order chi connectivity index (χ0) is 22.1. The van der Waals surface area contributed by atoms with Crippen LogP contribution in [0.1, 0.15) is 18.4 Å². The number of carbonyl (C=O) groups excluding carboxylic acids is 2. The molecule has 0 aromatic heterocycles. The van der Waals surface area contributed by atoms with Gasteiger partial charge in [-0.1, -0.05) is 12.1 Å². The van der Waals surface area contributed by atoms with Gasteiger partial charge in [-0.05, 0) is 30.7 Å². The highest BCUT2D eigenvalue weighted by atomic mass is 16.6. The third-order valence-corrected chi connectivity index (χ3v) is 5.59. The van der Waals surface area contributed by atoms with Gasteiger partial charge in [-0.25, -0.2) is 4.79 Å². The molecule has 3 rings (SSSR count). The third kappa shape index (κ3) is 6.32. The predicted octanol–water partition coefficient (Wildman–Crippen LogP) is 1.18. The highest BCUT2D eigenvalue weighted by Crippen LogP contribution is 2.18. The van der Waals surface area contributed by atoms with Gasteiger partial charge >= 0.3 is 6.09 Å². The average Bonchev–Trinajstić information content (AvgIpc) is 3.34. The average molecular weight is 431 g/mol. The normalized spacial score (nSPS) is 19.4. The predicted molar refractivity (Wildman–Crippen MR) is 113 cm³/mol. The molecule has 2 heterocycles.